The Morgan fingerprint density at radius 2 is 2.36 bits per heavy atom. The van der Waals surface area contributed by atoms with Crippen LogP contribution < -0.4 is 5.32 Å². The van der Waals surface area contributed by atoms with Gasteiger partial charge in [-0.2, -0.15) is 0 Å². The lowest BCUT2D eigenvalue weighted by molar-refractivity contribution is -0.00702. The molecule has 0 aromatic rings. The topological polar surface area (TPSA) is 24.5 Å². The minimum atomic E-state index is 0.258. The number of hydrogen-bond acceptors (Lipinski definition) is 3. The van der Waals surface area contributed by atoms with Crippen molar-refractivity contribution >= 4 is 0 Å². The van der Waals surface area contributed by atoms with Crippen molar-refractivity contribution in [1.29, 1.82) is 0 Å². The van der Waals surface area contributed by atoms with Gasteiger partial charge in [-0.1, -0.05) is 6.92 Å². The molecule has 1 fully saturated rings. The van der Waals surface area contributed by atoms with Crippen molar-refractivity contribution in [3.63, 3.8) is 0 Å². The van der Waals surface area contributed by atoms with Crippen LogP contribution in [0.1, 0.15) is 13.8 Å². The van der Waals surface area contributed by atoms with Crippen LogP contribution in [0.2, 0.25) is 0 Å². The van der Waals surface area contributed by atoms with Crippen LogP contribution in [0.3, 0.4) is 0 Å². The van der Waals surface area contributed by atoms with E-state index in [1.807, 2.05) is 6.92 Å². The Morgan fingerprint density at radius 3 is 3.00 bits per heavy atom. The van der Waals surface area contributed by atoms with E-state index in [9.17, 15) is 0 Å². The van der Waals surface area contributed by atoms with Crippen molar-refractivity contribution in [2.24, 2.45) is 0 Å². The average molecular weight is 158 g/mol. The molecule has 1 saturated heterocycles. The number of piperazine rings is 1. The van der Waals surface area contributed by atoms with Crippen molar-refractivity contribution < 1.29 is 4.74 Å². The summed E-state index contributed by atoms with van der Waals surface area (Å²) in [5, 5.41) is 3.32. The van der Waals surface area contributed by atoms with E-state index in [4.69, 9.17) is 4.74 Å². The van der Waals surface area contributed by atoms with Gasteiger partial charge in [0, 0.05) is 26.2 Å². The number of rotatable bonds is 3. The first-order valence-corrected chi connectivity index (χ1v) is 4.44. The first kappa shape index (κ1) is 8.97. The molecule has 1 N–H and O–H groups in total. The predicted molar refractivity (Wildman–Crippen MR) is 45.5 cm³/mol. The standard InChI is InChI=1S/C8H18N2O/c1-3-10-6-5-9-8(7-10)11-4-2/h8-9H,3-7H2,1-2H3. The number of likely N-dealkylation sites (N-methyl/N-ethyl adjacent to an activating group) is 1. The molecule has 3 heteroatoms. The fourth-order valence-corrected chi connectivity index (χ4v) is 1.37. The Labute approximate surface area is 68.7 Å². The molecule has 1 unspecified atom stereocenters. The van der Waals surface area contributed by atoms with Gasteiger partial charge in [0.25, 0.3) is 0 Å². The van der Waals surface area contributed by atoms with E-state index in [1.165, 1.54) is 0 Å². The number of nitrogens with one attached hydrogen (secondary N) is 1. The summed E-state index contributed by atoms with van der Waals surface area (Å²) in [4.78, 5) is 2.40. The molecule has 1 aliphatic rings. The molecule has 0 aromatic carbocycles. The molecule has 0 spiro atoms. The van der Waals surface area contributed by atoms with Crippen LogP contribution in [-0.2, 0) is 4.74 Å². The quantitative estimate of drug-likeness (QED) is 0.638. The molecule has 0 saturated carbocycles. The van der Waals surface area contributed by atoms with Gasteiger partial charge in [-0.25, -0.2) is 0 Å². The highest BCUT2D eigenvalue weighted by Gasteiger charge is 2.16. The lowest BCUT2D eigenvalue weighted by Gasteiger charge is -2.32. The summed E-state index contributed by atoms with van der Waals surface area (Å²) in [7, 11) is 0. The number of ether oxygens (including phenoxy) is 1. The van der Waals surface area contributed by atoms with Crippen molar-refractivity contribution in [2.75, 3.05) is 32.8 Å². The maximum Gasteiger partial charge on any atom is 0.120 e. The van der Waals surface area contributed by atoms with Crippen LogP contribution in [0.5, 0.6) is 0 Å². The lowest BCUT2D eigenvalue weighted by Crippen LogP contribution is -2.51. The van der Waals surface area contributed by atoms with Gasteiger partial charge in [0.15, 0.2) is 0 Å². The molecule has 66 valence electrons. The number of hydrogen-bond donors (Lipinski definition) is 1. The third kappa shape index (κ3) is 2.77. The van der Waals surface area contributed by atoms with Crippen molar-refractivity contribution in [2.45, 2.75) is 20.1 Å². The van der Waals surface area contributed by atoms with Gasteiger partial charge in [0.05, 0.1) is 0 Å². The monoisotopic (exact) mass is 158 g/mol. The summed E-state index contributed by atoms with van der Waals surface area (Å²) < 4.78 is 5.46. The maximum absolute atomic E-state index is 5.46. The highest BCUT2D eigenvalue weighted by atomic mass is 16.5. The van der Waals surface area contributed by atoms with Crippen LogP contribution >= 0.6 is 0 Å². The SMILES string of the molecule is CCOC1CN(CC)CCN1. The van der Waals surface area contributed by atoms with Crippen LogP contribution in [0.25, 0.3) is 0 Å². The Balaban J connectivity index is 2.21. The van der Waals surface area contributed by atoms with E-state index in [0.29, 0.717) is 0 Å². The molecule has 1 heterocycles. The second-order valence-corrected chi connectivity index (χ2v) is 2.79. The zero-order valence-electron chi connectivity index (χ0n) is 7.47. The molecular weight excluding hydrogens is 140 g/mol. The smallest absolute Gasteiger partial charge is 0.120 e. The van der Waals surface area contributed by atoms with Crippen LogP contribution in [0, 0.1) is 0 Å². The van der Waals surface area contributed by atoms with Gasteiger partial charge in [-0.3, -0.25) is 10.2 Å². The highest BCUT2D eigenvalue weighted by Crippen LogP contribution is 1.99. The van der Waals surface area contributed by atoms with E-state index >= 15 is 0 Å². The molecule has 1 atom stereocenters. The van der Waals surface area contributed by atoms with Gasteiger partial charge < -0.3 is 4.74 Å². The number of nitrogens with zero attached hydrogens (tertiary/aromatic N) is 1. The first-order valence-electron chi connectivity index (χ1n) is 4.44. The van der Waals surface area contributed by atoms with E-state index in [2.05, 4.69) is 17.1 Å². The van der Waals surface area contributed by atoms with Crippen LogP contribution in [-0.4, -0.2) is 43.9 Å². The van der Waals surface area contributed by atoms with E-state index < -0.39 is 0 Å². The summed E-state index contributed by atoms with van der Waals surface area (Å²) in [6.45, 7) is 9.39. The molecule has 0 radical (unpaired) electrons. The zero-order valence-corrected chi connectivity index (χ0v) is 7.47. The predicted octanol–water partition coefficient (Wildman–Crippen LogP) is 0.274. The summed E-state index contributed by atoms with van der Waals surface area (Å²) >= 11 is 0. The third-order valence-corrected chi connectivity index (χ3v) is 2.04. The molecule has 1 rings (SSSR count). The van der Waals surface area contributed by atoms with Gasteiger partial charge >= 0.3 is 0 Å². The van der Waals surface area contributed by atoms with Gasteiger partial charge in [-0.15, -0.1) is 0 Å². The van der Waals surface area contributed by atoms with Crippen molar-refractivity contribution in [3.8, 4) is 0 Å². The minimum Gasteiger partial charge on any atom is -0.362 e. The molecule has 0 bridgehead atoms. The molecule has 0 aliphatic carbocycles. The van der Waals surface area contributed by atoms with Gasteiger partial charge in [0.2, 0.25) is 0 Å². The fourth-order valence-electron chi connectivity index (χ4n) is 1.37. The Kier molecular flexibility index (Phi) is 3.83. The highest BCUT2D eigenvalue weighted by molar-refractivity contribution is 4.70. The first-order chi connectivity index (χ1) is 5.36. The average Bonchev–Trinajstić information content (AvgIpc) is 2.06. The van der Waals surface area contributed by atoms with E-state index in [1.54, 1.807) is 0 Å². The molecular formula is C8H18N2O. The normalized spacial score (nSPS) is 27.3. The van der Waals surface area contributed by atoms with Gasteiger partial charge in [0.1, 0.15) is 6.23 Å². The summed E-state index contributed by atoms with van der Waals surface area (Å²) in [6, 6.07) is 0. The summed E-state index contributed by atoms with van der Waals surface area (Å²) in [6.07, 6.45) is 0.258. The van der Waals surface area contributed by atoms with Crippen molar-refractivity contribution in [1.82, 2.24) is 10.2 Å². The van der Waals surface area contributed by atoms with E-state index in [0.717, 1.165) is 32.8 Å². The van der Waals surface area contributed by atoms with Crippen LogP contribution in [0.15, 0.2) is 0 Å². The molecule has 3 nitrogen and oxygen atoms in total. The zero-order chi connectivity index (χ0) is 8.10. The Morgan fingerprint density at radius 1 is 1.55 bits per heavy atom. The lowest BCUT2D eigenvalue weighted by atomic mass is 10.3. The Hall–Kier alpha value is -0.120. The Bertz CT molecular complexity index is 106. The second-order valence-electron chi connectivity index (χ2n) is 2.79. The van der Waals surface area contributed by atoms with Crippen molar-refractivity contribution in [3.05, 3.63) is 0 Å². The largest absolute Gasteiger partial charge is 0.362 e. The minimum absolute atomic E-state index is 0.258. The molecule has 0 aromatic heterocycles. The molecule has 1 aliphatic heterocycles. The molecule has 0 amide bonds. The summed E-state index contributed by atoms with van der Waals surface area (Å²) in [5.41, 5.74) is 0. The second kappa shape index (κ2) is 4.70. The molecule has 11 heavy (non-hydrogen) atoms. The fraction of sp³-hybridized carbons (Fsp3) is 1.00. The summed E-state index contributed by atoms with van der Waals surface area (Å²) in [5.74, 6) is 0. The van der Waals surface area contributed by atoms with Crippen LogP contribution in [0.4, 0.5) is 0 Å². The van der Waals surface area contributed by atoms with E-state index in [-0.39, 0.29) is 6.23 Å². The van der Waals surface area contributed by atoms with Gasteiger partial charge in [-0.05, 0) is 13.5 Å². The maximum atomic E-state index is 5.46. The third-order valence-electron chi connectivity index (χ3n) is 2.04.